The molecule has 0 aliphatic carbocycles. The third-order valence-corrected chi connectivity index (χ3v) is 3.89. The van der Waals surface area contributed by atoms with Crippen molar-refractivity contribution in [1.82, 2.24) is 9.97 Å². The van der Waals surface area contributed by atoms with E-state index in [0.717, 1.165) is 12.8 Å². The minimum Gasteiger partial charge on any atom is -0.481 e. The number of ether oxygens (including phenoxy) is 3. The molecule has 1 aromatic heterocycles. The third-order valence-electron chi connectivity index (χ3n) is 3.89. The lowest BCUT2D eigenvalue weighted by Crippen LogP contribution is -2.43. The number of hydrogen-bond donors (Lipinski definition) is 1. The van der Waals surface area contributed by atoms with Crippen molar-refractivity contribution in [3.8, 4) is 11.8 Å². The molecule has 0 radical (unpaired) electrons. The van der Waals surface area contributed by atoms with Crippen molar-refractivity contribution in [2.24, 2.45) is 5.41 Å². The summed E-state index contributed by atoms with van der Waals surface area (Å²) in [6.07, 6.45) is 1.66. The van der Waals surface area contributed by atoms with Gasteiger partial charge in [-0.05, 0) is 12.8 Å². The zero-order valence-corrected chi connectivity index (χ0v) is 12.8. The number of methoxy groups -OCH3 is 2. The molecule has 0 spiro atoms. The fourth-order valence-electron chi connectivity index (χ4n) is 2.52. The van der Waals surface area contributed by atoms with E-state index in [4.69, 9.17) is 14.2 Å². The molecule has 0 saturated carbocycles. The maximum Gasteiger partial charge on any atom is 0.231 e. The molecule has 2 heterocycles. The zero-order valence-electron chi connectivity index (χ0n) is 12.8. The van der Waals surface area contributed by atoms with E-state index in [1.54, 1.807) is 20.3 Å². The molecule has 0 atom stereocenters. The van der Waals surface area contributed by atoms with Crippen molar-refractivity contribution < 1.29 is 19.3 Å². The highest BCUT2D eigenvalue weighted by atomic mass is 16.5. The highest BCUT2D eigenvalue weighted by molar-refractivity contribution is 5.36. The van der Waals surface area contributed by atoms with Crippen molar-refractivity contribution in [2.45, 2.75) is 12.8 Å². The first kappa shape index (κ1) is 15.8. The van der Waals surface area contributed by atoms with E-state index in [0.29, 0.717) is 37.5 Å². The fraction of sp³-hybridized carbons (Fsp3) is 0.714. The summed E-state index contributed by atoms with van der Waals surface area (Å²) < 4.78 is 15.7. The number of nitrogens with zero attached hydrogens (tertiary/aromatic N) is 3. The van der Waals surface area contributed by atoms with Gasteiger partial charge in [0.05, 0.1) is 26.9 Å². The molecule has 21 heavy (non-hydrogen) atoms. The van der Waals surface area contributed by atoms with Crippen molar-refractivity contribution in [3.05, 3.63) is 6.07 Å². The molecule has 118 valence electrons. The molecule has 0 amide bonds. The van der Waals surface area contributed by atoms with E-state index in [-0.39, 0.29) is 12.0 Å². The lowest BCUT2D eigenvalue weighted by Gasteiger charge is -2.38. The number of aliphatic hydroxyl groups excluding tert-OH is 1. The maximum absolute atomic E-state index is 9.77. The second kappa shape index (κ2) is 6.91. The van der Waals surface area contributed by atoms with Crippen LogP contribution in [0.4, 0.5) is 5.95 Å². The van der Waals surface area contributed by atoms with Crippen LogP contribution in [0, 0.1) is 5.41 Å². The second-order valence-corrected chi connectivity index (χ2v) is 5.38. The Morgan fingerprint density at radius 3 is 2.29 bits per heavy atom. The van der Waals surface area contributed by atoms with Gasteiger partial charge in [0.15, 0.2) is 0 Å². The summed E-state index contributed by atoms with van der Waals surface area (Å²) in [5, 5.41) is 9.77. The highest BCUT2D eigenvalue weighted by Gasteiger charge is 2.34. The lowest BCUT2D eigenvalue weighted by atomic mass is 9.80. The molecule has 1 aliphatic rings. The molecule has 1 fully saturated rings. The largest absolute Gasteiger partial charge is 0.481 e. The molecular weight excluding hydrogens is 274 g/mol. The van der Waals surface area contributed by atoms with Gasteiger partial charge in [-0.3, -0.25) is 0 Å². The predicted octanol–water partition coefficient (Wildman–Crippen LogP) is 0.719. The van der Waals surface area contributed by atoms with Gasteiger partial charge in [0.25, 0.3) is 0 Å². The number of hydrogen-bond acceptors (Lipinski definition) is 7. The predicted molar refractivity (Wildman–Crippen MR) is 78.0 cm³/mol. The molecule has 0 unspecified atom stereocenters. The summed E-state index contributed by atoms with van der Waals surface area (Å²) in [5.41, 5.74) is -0.174. The van der Waals surface area contributed by atoms with Crippen molar-refractivity contribution in [3.63, 3.8) is 0 Å². The Morgan fingerprint density at radius 1 is 1.24 bits per heavy atom. The molecular formula is C14H23N3O4. The quantitative estimate of drug-likeness (QED) is 0.829. The number of aromatic nitrogens is 2. The highest BCUT2D eigenvalue weighted by Crippen LogP contribution is 2.32. The van der Waals surface area contributed by atoms with Crippen LogP contribution in [0.15, 0.2) is 6.07 Å². The standard InChI is InChI=1S/C14H23N3O4/c1-17(9-14(10-18)4-6-21-7-5-14)13-15-11(19-2)8-12(16-13)20-3/h8,18H,4-7,9-10H2,1-3H3. The summed E-state index contributed by atoms with van der Waals surface area (Å²) in [7, 11) is 5.01. The third kappa shape index (κ3) is 3.74. The minimum absolute atomic E-state index is 0.127. The van der Waals surface area contributed by atoms with Gasteiger partial charge in [0, 0.05) is 32.2 Å². The fourth-order valence-corrected chi connectivity index (χ4v) is 2.52. The van der Waals surface area contributed by atoms with Crippen LogP contribution in [0.5, 0.6) is 11.8 Å². The first-order valence-corrected chi connectivity index (χ1v) is 6.99. The van der Waals surface area contributed by atoms with Crippen LogP contribution in [0.25, 0.3) is 0 Å². The molecule has 1 N–H and O–H groups in total. The summed E-state index contributed by atoms with van der Waals surface area (Å²) in [6, 6.07) is 1.63. The van der Waals surface area contributed by atoms with Gasteiger partial charge in [-0.1, -0.05) is 0 Å². The van der Waals surface area contributed by atoms with Gasteiger partial charge in [-0.25, -0.2) is 0 Å². The van der Waals surface area contributed by atoms with Crippen LogP contribution in [0.3, 0.4) is 0 Å². The van der Waals surface area contributed by atoms with Crippen LogP contribution < -0.4 is 14.4 Å². The molecule has 7 nitrogen and oxygen atoms in total. The SMILES string of the molecule is COc1cc(OC)nc(N(C)CC2(CO)CCOCC2)n1. The number of anilines is 1. The molecule has 2 rings (SSSR count). The van der Waals surface area contributed by atoms with Crippen LogP contribution in [-0.4, -0.2) is 62.7 Å². The first-order chi connectivity index (χ1) is 10.1. The topological polar surface area (TPSA) is 76.9 Å². The Labute approximate surface area is 124 Å². The Morgan fingerprint density at radius 2 is 1.81 bits per heavy atom. The Hall–Kier alpha value is -1.60. The molecule has 1 aromatic rings. The van der Waals surface area contributed by atoms with Crippen LogP contribution in [0.1, 0.15) is 12.8 Å². The van der Waals surface area contributed by atoms with Crippen LogP contribution >= 0.6 is 0 Å². The van der Waals surface area contributed by atoms with Gasteiger partial charge in [-0.2, -0.15) is 9.97 Å². The Balaban J connectivity index is 2.16. The zero-order chi connectivity index (χ0) is 15.3. The van der Waals surface area contributed by atoms with Gasteiger partial charge < -0.3 is 24.2 Å². The summed E-state index contributed by atoms with van der Waals surface area (Å²) >= 11 is 0. The summed E-state index contributed by atoms with van der Waals surface area (Å²) in [6.45, 7) is 2.14. The van der Waals surface area contributed by atoms with Crippen molar-refractivity contribution in [1.29, 1.82) is 0 Å². The van der Waals surface area contributed by atoms with Crippen molar-refractivity contribution in [2.75, 3.05) is 52.5 Å². The average Bonchev–Trinajstić information content (AvgIpc) is 2.55. The van der Waals surface area contributed by atoms with E-state index in [1.165, 1.54) is 0 Å². The summed E-state index contributed by atoms with van der Waals surface area (Å²) in [5.74, 6) is 1.42. The normalized spacial score (nSPS) is 17.3. The van der Waals surface area contributed by atoms with E-state index < -0.39 is 0 Å². The van der Waals surface area contributed by atoms with E-state index in [2.05, 4.69) is 9.97 Å². The first-order valence-electron chi connectivity index (χ1n) is 6.99. The van der Waals surface area contributed by atoms with E-state index >= 15 is 0 Å². The monoisotopic (exact) mass is 297 g/mol. The number of aliphatic hydroxyl groups is 1. The summed E-state index contributed by atoms with van der Waals surface area (Å²) in [4.78, 5) is 10.6. The van der Waals surface area contributed by atoms with Crippen molar-refractivity contribution >= 4 is 5.95 Å². The molecule has 0 bridgehead atoms. The van der Waals surface area contributed by atoms with Gasteiger partial charge >= 0.3 is 0 Å². The second-order valence-electron chi connectivity index (χ2n) is 5.38. The smallest absolute Gasteiger partial charge is 0.231 e. The molecule has 0 aromatic carbocycles. The Bertz CT molecular complexity index is 441. The maximum atomic E-state index is 9.77. The Kier molecular flexibility index (Phi) is 5.19. The molecule has 1 saturated heterocycles. The molecule has 7 heteroatoms. The average molecular weight is 297 g/mol. The van der Waals surface area contributed by atoms with Gasteiger partial charge in [0.1, 0.15) is 0 Å². The van der Waals surface area contributed by atoms with Gasteiger partial charge in [-0.15, -0.1) is 0 Å². The van der Waals surface area contributed by atoms with Crippen LogP contribution in [-0.2, 0) is 4.74 Å². The lowest BCUT2D eigenvalue weighted by molar-refractivity contribution is -0.0114. The van der Waals surface area contributed by atoms with Gasteiger partial charge in [0.2, 0.25) is 17.7 Å². The molecule has 1 aliphatic heterocycles. The van der Waals surface area contributed by atoms with E-state index in [1.807, 2.05) is 11.9 Å². The number of rotatable bonds is 6. The van der Waals surface area contributed by atoms with Crippen LogP contribution in [0.2, 0.25) is 0 Å². The van der Waals surface area contributed by atoms with E-state index in [9.17, 15) is 5.11 Å². The minimum atomic E-state index is -0.174.